The van der Waals surface area contributed by atoms with Crippen molar-refractivity contribution in [3.8, 4) is 5.75 Å². The second kappa shape index (κ2) is 8.72. The molecule has 1 aromatic heterocycles. The number of nitrogens with one attached hydrogen (secondary N) is 1. The first-order valence-corrected chi connectivity index (χ1v) is 8.58. The van der Waals surface area contributed by atoms with Gasteiger partial charge in [-0.05, 0) is 30.2 Å². The molecule has 0 aliphatic carbocycles. The molecule has 0 spiro atoms. The molecule has 0 unspecified atom stereocenters. The molecule has 2 rings (SSSR count). The van der Waals surface area contributed by atoms with Crippen molar-refractivity contribution in [2.45, 2.75) is 30.9 Å². The van der Waals surface area contributed by atoms with Crippen molar-refractivity contribution in [1.82, 2.24) is 15.5 Å². The Morgan fingerprint density at radius 1 is 1.32 bits per heavy atom. The Kier molecular flexibility index (Phi) is 6.65. The third-order valence-electron chi connectivity index (χ3n) is 2.96. The molecule has 10 heteroatoms. The second-order valence-electron chi connectivity index (χ2n) is 5.34. The largest absolute Gasteiger partial charge is 0.484 e. The van der Waals surface area contributed by atoms with Crippen LogP contribution in [0.1, 0.15) is 19.7 Å². The average Bonchev–Trinajstić information content (AvgIpc) is 2.98. The molecule has 1 heterocycles. The van der Waals surface area contributed by atoms with Crippen LogP contribution < -0.4 is 15.8 Å². The molecule has 2 aromatic rings. The number of thioether (sulfide) groups is 1. The Hall–Kier alpha value is -2.26. The van der Waals surface area contributed by atoms with E-state index in [4.69, 9.17) is 26.5 Å². The Morgan fingerprint density at radius 2 is 2.00 bits per heavy atom. The van der Waals surface area contributed by atoms with Crippen molar-refractivity contribution in [2.75, 3.05) is 0 Å². The summed E-state index contributed by atoms with van der Waals surface area (Å²) in [7, 11) is 0. The molecule has 1 atom stereocenters. The summed E-state index contributed by atoms with van der Waals surface area (Å²) < 4.78 is 11.0. The van der Waals surface area contributed by atoms with E-state index in [0.717, 1.165) is 11.8 Å². The fraction of sp³-hybridized carbons (Fsp3) is 0.333. The summed E-state index contributed by atoms with van der Waals surface area (Å²) in [4.78, 5) is 22.8. The number of amides is 3. The van der Waals surface area contributed by atoms with Crippen LogP contribution in [0.4, 0.5) is 4.79 Å². The van der Waals surface area contributed by atoms with E-state index >= 15 is 0 Å². The SMILES string of the molecule is CC(C)[C@H](Sc1nnc(COc2ccc(Cl)cc2)o1)C(=O)NC(N)=O. The Morgan fingerprint density at radius 3 is 2.60 bits per heavy atom. The lowest BCUT2D eigenvalue weighted by Crippen LogP contribution is -2.42. The van der Waals surface area contributed by atoms with Gasteiger partial charge in [-0.25, -0.2) is 4.79 Å². The summed E-state index contributed by atoms with van der Waals surface area (Å²) in [6, 6.07) is 5.95. The number of nitrogens with zero attached hydrogens (tertiary/aromatic N) is 2. The second-order valence-corrected chi connectivity index (χ2v) is 6.87. The predicted octanol–water partition coefficient (Wildman–Crippen LogP) is 2.61. The normalized spacial score (nSPS) is 12.0. The minimum Gasteiger partial charge on any atom is -0.484 e. The van der Waals surface area contributed by atoms with Crippen molar-refractivity contribution >= 4 is 35.3 Å². The van der Waals surface area contributed by atoms with Crippen LogP contribution in [0.25, 0.3) is 0 Å². The average molecular weight is 385 g/mol. The molecular weight excluding hydrogens is 368 g/mol. The fourth-order valence-corrected chi connectivity index (χ4v) is 2.83. The Bertz CT molecular complexity index is 735. The minimum absolute atomic E-state index is 0.0784. The highest BCUT2D eigenvalue weighted by Crippen LogP contribution is 2.27. The number of hydrogen-bond donors (Lipinski definition) is 2. The van der Waals surface area contributed by atoms with E-state index in [1.807, 2.05) is 13.8 Å². The molecule has 0 fully saturated rings. The van der Waals surface area contributed by atoms with E-state index in [2.05, 4.69) is 15.5 Å². The number of hydrogen-bond acceptors (Lipinski definition) is 7. The van der Waals surface area contributed by atoms with Gasteiger partial charge in [0, 0.05) is 5.02 Å². The quantitative estimate of drug-likeness (QED) is 0.704. The zero-order valence-corrected chi connectivity index (χ0v) is 15.1. The number of rotatable bonds is 7. The number of carbonyl (C=O) groups excluding carboxylic acids is 2. The van der Waals surface area contributed by atoms with Gasteiger partial charge in [0.15, 0.2) is 6.61 Å². The molecule has 3 N–H and O–H groups in total. The predicted molar refractivity (Wildman–Crippen MR) is 92.3 cm³/mol. The van der Waals surface area contributed by atoms with E-state index in [1.165, 1.54) is 0 Å². The number of carbonyl (C=O) groups is 2. The van der Waals surface area contributed by atoms with Crippen LogP contribution in [0.15, 0.2) is 33.9 Å². The van der Waals surface area contributed by atoms with Crippen molar-refractivity contribution in [3.05, 3.63) is 35.2 Å². The third kappa shape index (κ3) is 5.95. The lowest BCUT2D eigenvalue weighted by Gasteiger charge is -2.16. The number of ether oxygens (including phenoxy) is 1. The molecular formula is C15H17ClN4O4S. The third-order valence-corrected chi connectivity index (χ3v) is 4.59. The van der Waals surface area contributed by atoms with Gasteiger partial charge in [0.2, 0.25) is 5.91 Å². The molecule has 0 saturated heterocycles. The van der Waals surface area contributed by atoms with Crippen LogP contribution >= 0.6 is 23.4 Å². The van der Waals surface area contributed by atoms with Crippen LogP contribution in [-0.4, -0.2) is 27.4 Å². The molecule has 8 nitrogen and oxygen atoms in total. The van der Waals surface area contributed by atoms with Gasteiger partial charge in [-0.2, -0.15) is 0 Å². The summed E-state index contributed by atoms with van der Waals surface area (Å²) in [6.45, 7) is 3.74. The van der Waals surface area contributed by atoms with Gasteiger partial charge in [0.25, 0.3) is 11.1 Å². The number of aromatic nitrogens is 2. The maximum atomic E-state index is 12.0. The number of halogens is 1. The summed E-state index contributed by atoms with van der Waals surface area (Å²) >= 11 is 6.86. The monoisotopic (exact) mass is 384 g/mol. The summed E-state index contributed by atoms with van der Waals surface area (Å²) in [5, 5.41) is 10.0. The first-order chi connectivity index (χ1) is 11.8. The highest BCUT2D eigenvalue weighted by Gasteiger charge is 2.27. The fourth-order valence-electron chi connectivity index (χ4n) is 1.81. The van der Waals surface area contributed by atoms with Gasteiger partial charge < -0.3 is 14.9 Å². The highest BCUT2D eigenvalue weighted by atomic mass is 35.5. The molecule has 0 aliphatic heterocycles. The van der Waals surface area contributed by atoms with E-state index in [-0.39, 0.29) is 23.6 Å². The van der Waals surface area contributed by atoms with Crippen LogP contribution in [0.2, 0.25) is 5.02 Å². The molecule has 3 amide bonds. The molecule has 0 bridgehead atoms. The van der Waals surface area contributed by atoms with E-state index in [1.54, 1.807) is 24.3 Å². The maximum Gasteiger partial charge on any atom is 0.318 e. The summed E-state index contributed by atoms with van der Waals surface area (Å²) in [6.07, 6.45) is 0. The van der Waals surface area contributed by atoms with Crippen LogP contribution in [0.5, 0.6) is 5.75 Å². The topological polar surface area (TPSA) is 120 Å². The lowest BCUT2D eigenvalue weighted by molar-refractivity contribution is -0.120. The molecule has 0 aliphatic rings. The maximum absolute atomic E-state index is 12.0. The van der Waals surface area contributed by atoms with Gasteiger partial charge in [-0.3, -0.25) is 10.1 Å². The van der Waals surface area contributed by atoms with Gasteiger partial charge in [-0.1, -0.05) is 37.2 Å². The van der Waals surface area contributed by atoms with E-state index < -0.39 is 17.2 Å². The number of imide groups is 1. The number of nitrogens with two attached hydrogens (primary N) is 1. The molecule has 134 valence electrons. The summed E-state index contributed by atoms with van der Waals surface area (Å²) in [5.74, 6) is 0.280. The van der Waals surface area contributed by atoms with Gasteiger partial charge in [0.1, 0.15) is 5.75 Å². The van der Waals surface area contributed by atoms with Crippen LogP contribution in [0.3, 0.4) is 0 Å². The highest BCUT2D eigenvalue weighted by molar-refractivity contribution is 8.00. The van der Waals surface area contributed by atoms with Gasteiger partial charge in [-0.15, -0.1) is 10.2 Å². The zero-order chi connectivity index (χ0) is 18.4. The number of primary amides is 1. The van der Waals surface area contributed by atoms with Crippen LogP contribution in [-0.2, 0) is 11.4 Å². The van der Waals surface area contributed by atoms with E-state index in [0.29, 0.717) is 10.8 Å². The number of benzene rings is 1. The number of urea groups is 1. The molecule has 1 aromatic carbocycles. The van der Waals surface area contributed by atoms with Gasteiger partial charge >= 0.3 is 6.03 Å². The lowest BCUT2D eigenvalue weighted by atomic mass is 10.1. The van der Waals surface area contributed by atoms with Crippen molar-refractivity contribution in [3.63, 3.8) is 0 Å². The molecule has 0 saturated carbocycles. The smallest absolute Gasteiger partial charge is 0.318 e. The first kappa shape index (κ1) is 19.1. The van der Waals surface area contributed by atoms with Gasteiger partial charge in [0.05, 0.1) is 5.25 Å². The van der Waals surface area contributed by atoms with Crippen molar-refractivity contribution in [2.24, 2.45) is 11.7 Å². The molecule has 25 heavy (non-hydrogen) atoms. The summed E-state index contributed by atoms with van der Waals surface area (Å²) in [5.41, 5.74) is 4.98. The van der Waals surface area contributed by atoms with Crippen molar-refractivity contribution in [1.29, 1.82) is 0 Å². The van der Waals surface area contributed by atoms with Crippen LogP contribution in [0, 0.1) is 5.92 Å². The first-order valence-electron chi connectivity index (χ1n) is 7.33. The van der Waals surface area contributed by atoms with E-state index in [9.17, 15) is 9.59 Å². The molecule has 0 radical (unpaired) electrons. The minimum atomic E-state index is -0.904. The zero-order valence-electron chi connectivity index (χ0n) is 13.6. The standard InChI is InChI=1S/C15H17ClN4O4S/c1-8(2)12(13(21)18-14(17)22)25-15-20-19-11(24-15)7-23-10-5-3-9(16)4-6-10/h3-6,8,12H,7H2,1-2H3,(H3,17,18,21,22)/t12-/m0/s1. The Balaban J connectivity index is 1.95. The Labute approximate surface area is 153 Å². The van der Waals surface area contributed by atoms with Crippen molar-refractivity contribution < 1.29 is 18.7 Å².